The Labute approximate surface area is 124 Å². The summed E-state index contributed by atoms with van der Waals surface area (Å²) in [5.74, 6) is -1.51. The summed E-state index contributed by atoms with van der Waals surface area (Å²) in [5.41, 5.74) is 0.580. The molecule has 20 heavy (non-hydrogen) atoms. The normalized spacial score (nSPS) is 14.3. The first-order valence-electron chi connectivity index (χ1n) is 6.35. The van der Waals surface area contributed by atoms with Crippen molar-refractivity contribution < 1.29 is 19.1 Å². The second-order valence-corrected chi connectivity index (χ2v) is 5.22. The van der Waals surface area contributed by atoms with E-state index in [2.05, 4.69) is 15.9 Å². The fourth-order valence-electron chi connectivity index (χ4n) is 1.90. The summed E-state index contributed by atoms with van der Waals surface area (Å²) in [6.07, 6.45) is 1.76. The van der Waals surface area contributed by atoms with Crippen molar-refractivity contribution in [1.82, 2.24) is 0 Å². The SMILES string of the molecule is CCCCC(=O)OC1=C(Br)C(=O)c2ccccc2C1=O. The average molecular weight is 337 g/mol. The van der Waals surface area contributed by atoms with Crippen molar-refractivity contribution in [3.63, 3.8) is 0 Å². The second kappa shape index (κ2) is 6.13. The van der Waals surface area contributed by atoms with Crippen LogP contribution >= 0.6 is 15.9 Å². The van der Waals surface area contributed by atoms with Crippen LogP contribution in [0.1, 0.15) is 46.9 Å². The lowest BCUT2D eigenvalue weighted by Crippen LogP contribution is -2.23. The van der Waals surface area contributed by atoms with Crippen molar-refractivity contribution >= 4 is 33.5 Å². The van der Waals surface area contributed by atoms with Crippen LogP contribution in [0.15, 0.2) is 34.5 Å². The molecule has 0 amide bonds. The molecule has 0 atom stereocenters. The summed E-state index contributed by atoms with van der Waals surface area (Å²) in [6, 6.07) is 6.48. The minimum absolute atomic E-state index is 0.00560. The molecular formula is C15H13BrO4. The first-order valence-corrected chi connectivity index (χ1v) is 7.14. The van der Waals surface area contributed by atoms with E-state index in [0.717, 1.165) is 6.42 Å². The number of carbonyl (C=O) groups excluding carboxylic acids is 3. The number of hydrogen-bond donors (Lipinski definition) is 0. The number of esters is 1. The maximum absolute atomic E-state index is 12.3. The van der Waals surface area contributed by atoms with Crippen LogP contribution in [0.5, 0.6) is 0 Å². The molecule has 0 radical (unpaired) electrons. The molecule has 0 N–H and O–H groups in total. The quantitative estimate of drug-likeness (QED) is 0.790. The number of benzene rings is 1. The van der Waals surface area contributed by atoms with Crippen LogP contribution in [0.2, 0.25) is 0 Å². The highest BCUT2D eigenvalue weighted by Gasteiger charge is 2.33. The van der Waals surface area contributed by atoms with E-state index in [1.54, 1.807) is 24.3 Å². The van der Waals surface area contributed by atoms with Gasteiger partial charge in [-0.05, 0) is 22.4 Å². The number of carbonyl (C=O) groups is 3. The minimum atomic E-state index is -0.501. The fourth-order valence-corrected chi connectivity index (χ4v) is 2.37. The van der Waals surface area contributed by atoms with Crippen LogP contribution < -0.4 is 0 Å². The highest BCUT2D eigenvalue weighted by Crippen LogP contribution is 2.30. The van der Waals surface area contributed by atoms with Gasteiger partial charge in [0.05, 0.1) is 0 Å². The number of Topliss-reactive ketones (excluding diaryl/α,β-unsaturated/α-hetero) is 2. The fraction of sp³-hybridized carbons (Fsp3) is 0.267. The van der Waals surface area contributed by atoms with Gasteiger partial charge in [-0.2, -0.15) is 0 Å². The number of allylic oxidation sites excluding steroid dienone is 2. The van der Waals surface area contributed by atoms with Crippen molar-refractivity contribution in [2.24, 2.45) is 0 Å². The molecule has 0 bridgehead atoms. The molecule has 0 fully saturated rings. The number of fused-ring (bicyclic) bond motifs is 1. The number of ether oxygens (including phenoxy) is 1. The Morgan fingerprint density at radius 2 is 1.75 bits per heavy atom. The Bertz CT molecular complexity index is 616. The third kappa shape index (κ3) is 2.72. The minimum Gasteiger partial charge on any atom is -0.421 e. The van der Waals surface area contributed by atoms with Crippen LogP contribution in [0.25, 0.3) is 0 Å². The molecule has 4 nitrogen and oxygen atoms in total. The van der Waals surface area contributed by atoms with E-state index in [1.165, 1.54) is 0 Å². The van der Waals surface area contributed by atoms with Crippen molar-refractivity contribution in [2.75, 3.05) is 0 Å². The smallest absolute Gasteiger partial charge is 0.311 e. The van der Waals surface area contributed by atoms with Gasteiger partial charge < -0.3 is 4.74 Å². The molecule has 0 heterocycles. The van der Waals surface area contributed by atoms with E-state index >= 15 is 0 Å². The van der Waals surface area contributed by atoms with Crippen molar-refractivity contribution in [2.45, 2.75) is 26.2 Å². The van der Waals surface area contributed by atoms with E-state index in [4.69, 9.17) is 4.74 Å². The Morgan fingerprint density at radius 3 is 2.35 bits per heavy atom. The molecule has 0 saturated carbocycles. The zero-order chi connectivity index (χ0) is 14.7. The van der Waals surface area contributed by atoms with Gasteiger partial charge in [-0.15, -0.1) is 0 Å². The van der Waals surface area contributed by atoms with Crippen LogP contribution in [-0.4, -0.2) is 17.5 Å². The summed E-state index contributed by atoms with van der Waals surface area (Å²) in [6.45, 7) is 1.95. The average Bonchev–Trinajstić information content (AvgIpc) is 2.47. The molecule has 5 heteroatoms. The van der Waals surface area contributed by atoms with Crippen molar-refractivity contribution in [1.29, 1.82) is 0 Å². The summed E-state index contributed by atoms with van der Waals surface area (Å²) >= 11 is 3.06. The molecule has 1 aliphatic carbocycles. The van der Waals surface area contributed by atoms with Crippen LogP contribution in [0, 0.1) is 0 Å². The molecule has 0 unspecified atom stereocenters. The summed E-state index contributed by atoms with van der Waals surface area (Å²) < 4.78 is 5.07. The molecule has 1 aliphatic rings. The zero-order valence-corrected chi connectivity index (χ0v) is 12.5. The van der Waals surface area contributed by atoms with E-state index in [-0.39, 0.29) is 28.0 Å². The van der Waals surface area contributed by atoms with Gasteiger partial charge in [-0.25, -0.2) is 0 Å². The number of rotatable bonds is 4. The van der Waals surface area contributed by atoms with Gasteiger partial charge in [-0.3, -0.25) is 14.4 Å². The third-order valence-corrected chi connectivity index (χ3v) is 3.69. The van der Waals surface area contributed by atoms with Crippen LogP contribution in [0.3, 0.4) is 0 Å². The molecule has 2 rings (SSSR count). The van der Waals surface area contributed by atoms with Gasteiger partial charge >= 0.3 is 5.97 Å². The first kappa shape index (κ1) is 14.7. The molecule has 0 saturated heterocycles. The van der Waals surface area contributed by atoms with Crippen molar-refractivity contribution in [3.8, 4) is 0 Å². The number of halogens is 1. The van der Waals surface area contributed by atoms with Gasteiger partial charge in [0, 0.05) is 17.5 Å². The number of ketones is 2. The predicted octanol–water partition coefficient (Wildman–Crippen LogP) is 3.41. The topological polar surface area (TPSA) is 60.4 Å². The second-order valence-electron chi connectivity index (χ2n) is 4.42. The van der Waals surface area contributed by atoms with Gasteiger partial charge in [0.1, 0.15) is 4.48 Å². The van der Waals surface area contributed by atoms with E-state index < -0.39 is 11.8 Å². The van der Waals surface area contributed by atoms with E-state index in [1.807, 2.05) is 6.92 Å². The molecule has 1 aromatic carbocycles. The predicted molar refractivity (Wildman–Crippen MR) is 76.7 cm³/mol. The van der Waals surface area contributed by atoms with Gasteiger partial charge in [0.25, 0.3) is 0 Å². The molecule has 0 spiro atoms. The number of unbranched alkanes of at least 4 members (excludes halogenated alkanes) is 1. The maximum Gasteiger partial charge on any atom is 0.311 e. The van der Waals surface area contributed by atoms with E-state index in [9.17, 15) is 14.4 Å². The maximum atomic E-state index is 12.3. The highest BCUT2D eigenvalue weighted by atomic mass is 79.9. The summed E-state index contributed by atoms with van der Waals surface area (Å²) in [4.78, 5) is 36.0. The van der Waals surface area contributed by atoms with Gasteiger partial charge in [0.15, 0.2) is 5.76 Å². The van der Waals surface area contributed by atoms with Crippen LogP contribution in [0.4, 0.5) is 0 Å². The lowest BCUT2D eigenvalue weighted by molar-refractivity contribution is -0.139. The Morgan fingerprint density at radius 1 is 1.15 bits per heavy atom. The molecule has 0 aromatic heterocycles. The lowest BCUT2D eigenvalue weighted by atomic mass is 9.93. The third-order valence-electron chi connectivity index (χ3n) is 2.97. The van der Waals surface area contributed by atoms with Gasteiger partial charge in [-0.1, -0.05) is 37.6 Å². The summed E-state index contributed by atoms with van der Waals surface area (Å²) in [5, 5.41) is 0. The molecule has 0 aliphatic heterocycles. The molecular weight excluding hydrogens is 324 g/mol. The molecule has 104 valence electrons. The monoisotopic (exact) mass is 336 g/mol. The van der Waals surface area contributed by atoms with E-state index in [0.29, 0.717) is 12.0 Å². The first-order chi connectivity index (χ1) is 9.56. The Kier molecular flexibility index (Phi) is 4.49. The van der Waals surface area contributed by atoms with Gasteiger partial charge in [0.2, 0.25) is 11.6 Å². The van der Waals surface area contributed by atoms with Crippen LogP contribution in [-0.2, 0) is 9.53 Å². The Balaban J connectivity index is 2.30. The highest BCUT2D eigenvalue weighted by molar-refractivity contribution is 9.12. The lowest BCUT2D eigenvalue weighted by Gasteiger charge is -2.17. The molecule has 1 aromatic rings. The zero-order valence-electron chi connectivity index (χ0n) is 10.9. The standard InChI is InChI=1S/C15H13BrO4/c1-2-3-8-11(17)20-15-12(16)13(18)9-6-4-5-7-10(9)14(15)19/h4-7H,2-3,8H2,1H3. The van der Waals surface area contributed by atoms with Crippen molar-refractivity contribution in [3.05, 3.63) is 45.6 Å². The number of hydrogen-bond acceptors (Lipinski definition) is 4. The summed E-state index contributed by atoms with van der Waals surface area (Å²) in [7, 11) is 0. The largest absolute Gasteiger partial charge is 0.421 e. The Hall–Kier alpha value is -1.75.